The second-order valence-electron chi connectivity index (χ2n) is 5.08. The van der Waals surface area contributed by atoms with E-state index in [4.69, 9.17) is 0 Å². The number of hydrazine groups is 1. The SMILES string of the molecule is O=C(NN1CCCCC1)C1Cc2ccccc2N1. The number of carbonyl (C=O) groups is 1. The van der Waals surface area contributed by atoms with Crippen LogP contribution in [0.15, 0.2) is 24.3 Å². The summed E-state index contributed by atoms with van der Waals surface area (Å²) in [5, 5.41) is 5.34. The summed E-state index contributed by atoms with van der Waals surface area (Å²) in [6, 6.07) is 8.01. The maximum atomic E-state index is 12.2. The van der Waals surface area contributed by atoms with E-state index in [9.17, 15) is 4.79 Å². The molecule has 1 unspecified atom stereocenters. The van der Waals surface area contributed by atoms with Gasteiger partial charge >= 0.3 is 0 Å². The minimum atomic E-state index is -0.121. The van der Waals surface area contributed by atoms with E-state index in [-0.39, 0.29) is 11.9 Å². The highest BCUT2D eigenvalue weighted by molar-refractivity contribution is 5.87. The summed E-state index contributed by atoms with van der Waals surface area (Å²) in [5.74, 6) is 0.0908. The maximum Gasteiger partial charge on any atom is 0.257 e. The largest absolute Gasteiger partial charge is 0.373 e. The zero-order chi connectivity index (χ0) is 12.4. The molecule has 1 amide bonds. The van der Waals surface area contributed by atoms with Gasteiger partial charge in [0.15, 0.2) is 0 Å². The third-order valence-corrected chi connectivity index (χ3v) is 3.71. The third kappa shape index (κ3) is 2.34. The van der Waals surface area contributed by atoms with Crippen molar-refractivity contribution in [1.29, 1.82) is 0 Å². The Morgan fingerprint density at radius 1 is 1.22 bits per heavy atom. The molecule has 0 aliphatic carbocycles. The number of fused-ring (bicyclic) bond motifs is 1. The predicted octanol–water partition coefficient (Wildman–Crippen LogP) is 1.54. The van der Waals surface area contributed by atoms with E-state index >= 15 is 0 Å². The number of hydrogen-bond donors (Lipinski definition) is 2. The average Bonchev–Trinajstić information content (AvgIpc) is 2.84. The lowest BCUT2D eigenvalue weighted by molar-refractivity contribution is -0.127. The zero-order valence-corrected chi connectivity index (χ0v) is 10.5. The van der Waals surface area contributed by atoms with E-state index in [2.05, 4.69) is 21.8 Å². The molecule has 0 radical (unpaired) electrons. The molecule has 4 nitrogen and oxygen atoms in total. The van der Waals surface area contributed by atoms with Crippen molar-refractivity contribution in [3.63, 3.8) is 0 Å². The molecule has 1 atom stereocenters. The molecule has 1 fully saturated rings. The molecule has 2 aliphatic rings. The van der Waals surface area contributed by atoms with Crippen molar-refractivity contribution in [2.75, 3.05) is 18.4 Å². The lowest BCUT2D eigenvalue weighted by atomic mass is 10.1. The molecule has 0 bridgehead atoms. The van der Waals surface area contributed by atoms with E-state index in [1.165, 1.54) is 24.8 Å². The molecule has 2 heterocycles. The van der Waals surface area contributed by atoms with E-state index < -0.39 is 0 Å². The van der Waals surface area contributed by atoms with Gasteiger partial charge in [0.05, 0.1) is 0 Å². The highest BCUT2D eigenvalue weighted by Crippen LogP contribution is 2.25. The molecule has 3 rings (SSSR count). The van der Waals surface area contributed by atoms with Crippen LogP contribution in [-0.4, -0.2) is 30.0 Å². The first-order chi connectivity index (χ1) is 8.83. The van der Waals surface area contributed by atoms with Crippen LogP contribution in [0.4, 0.5) is 5.69 Å². The smallest absolute Gasteiger partial charge is 0.257 e. The monoisotopic (exact) mass is 245 g/mol. The highest BCUT2D eigenvalue weighted by atomic mass is 16.2. The number of amides is 1. The predicted molar refractivity (Wildman–Crippen MR) is 71.1 cm³/mol. The van der Waals surface area contributed by atoms with E-state index in [1.54, 1.807) is 0 Å². The Kier molecular flexibility index (Phi) is 3.19. The van der Waals surface area contributed by atoms with Gasteiger partial charge in [0.25, 0.3) is 5.91 Å². The summed E-state index contributed by atoms with van der Waals surface area (Å²) in [5.41, 5.74) is 5.35. The van der Waals surface area contributed by atoms with E-state index in [0.29, 0.717) is 0 Å². The van der Waals surface area contributed by atoms with Gasteiger partial charge in [0.2, 0.25) is 0 Å². The summed E-state index contributed by atoms with van der Waals surface area (Å²) in [4.78, 5) is 12.2. The maximum absolute atomic E-state index is 12.2. The van der Waals surface area contributed by atoms with Gasteiger partial charge in [-0.2, -0.15) is 0 Å². The van der Waals surface area contributed by atoms with Gasteiger partial charge < -0.3 is 5.32 Å². The van der Waals surface area contributed by atoms with Crippen LogP contribution in [0.5, 0.6) is 0 Å². The second kappa shape index (κ2) is 4.98. The lowest BCUT2D eigenvalue weighted by Crippen LogP contribution is -2.50. The van der Waals surface area contributed by atoms with Crippen LogP contribution in [0.1, 0.15) is 24.8 Å². The molecular formula is C14H19N3O. The molecule has 1 aromatic carbocycles. The summed E-state index contributed by atoms with van der Waals surface area (Å²) in [7, 11) is 0. The topological polar surface area (TPSA) is 44.4 Å². The molecule has 96 valence electrons. The first kappa shape index (κ1) is 11.5. The average molecular weight is 245 g/mol. The van der Waals surface area contributed by atoms with Crippen LogP contribution >= 0.6 is 0 Å². The molecule has 2 N–H and O–H groups in total. The molecule has 2 aliphatic heterocycles. The number of piperidine rings is 1. The van der Waals surface area contributed by atoms with Gasteiger partial charge in [0, 0.05) is 25.2 Å². The fourth-order valence-corrected chi connectivity index (χ4v) is 2.70. The van der Waals surface area contributed by atoms with Crippen molar-refractivity contribution in [2.24, 2.45) is 0 Å². The minimum absolute atomic E-state index is 0.0908. The van der Waals surface area contributed by atoms with Crippen molar-refractivity contribution in [3.05, 3.63) is 29.8 Å². The van der Waals surface area contributed by atoms with Crippen LogP contribution in [-0.2, 0) is 11.2 Å². The lowest BCUT2D eigenvalue weighted by Gasteiger charge is -2.28. The number of benzene rings is 1. The molecule has 1 saturated heterocycles. The van der Waals surface area contributed by atoms with Crippen molar-refractivity contribution >= 4 is 11.6 Å². The Balaban J connectivity index is 1.58. The van der Waals surface area contributed by atoms with Gasteiger partial charge in [-0.3, -0.25) is 10.2 Å². The van der Waals surface area contributed by atoms with Gasteiger partial charge in [-0.05, 0) is 24.5 Å². The normalized spacial score (nSPS) is 23.2. The van der Waals surface area contributed by atoms with E-state index in [1.807, 2.05) is 18.2 Å². The Morgan fingerprint density at radius 3 is 2.78 bits per heavy atom. The van der Waals surface area contributed by atoms with Crippen LogP contribution < -0.4 is 10.7 Å². The number of carbonyl (C=O) groups excluding carboxylic acids is 1. The summed E-state index contributed by atoms with van der Waals surface area (Å²) in [6.45, 7) is 1.96. The van der Waals surface area contributed by atoms with Crippen LogP contribution in [0.25, 0.3) is 0 Å². The molecule has 18 heavy (non-hydrogen) atoms. The molecule has 1 aromatic rings. The zero-order valence-electron chi connectivity index (χ0n) is 10.5. The quantitative estimate of drug-likeness (QED) is 0.830. The molecule has 0 spiro atoms. The van der Waals surface area contributed by atoms with Crippen molar-refractivity contribution in [3.8, 4) is 0 Å². The summed E-state index contributed by atoms with van der Waals surface area (Å²) >= 11 is 0. The van der Waals surface area contributed by atoms with Gasteiger partial charge in [-0.1, -0.05) is 24.6 Å². The number of nitrogens with one attached hydrogen (secondary N) is 2. The van der Waals surface area contributed by atoms with Crippen LogP contribution in [0, 0.1) is 0 Å². The van der Waals surface area contributed by atoms with Crippen molar-refractivity contribution < 1.29 is 4.79 Å². The fourth-order valence-electron chi connectivity index (χ4n) is 2.70. The third-order valence-electron chi connectivity index (χ3n) is 3.71. The van der Waals surface area contributed by atoms with Gasteiger partial charge in [-0.15, -0.1) is 0 Å². The second-order valence-corrected chi connectivity index (χ2v) is 5.08. The van der Waals surface area contributed by atoms with Gasteiger partial charge in [0.1, 0.15) is 6.04 Å². The molecule has 4 heteroatoms. The number of nitrogens with zero attached hydrogens (tertiary/aromatic N) is 1. The minimum Gasteiger partial charge on any atom is -0.373 e. The number of hydrogen-bond acceptors (Lipinski definition) is 3. The van der Waals surface area contributed by atoms with Crippen LogP contribution in [0.3, 0.4) is 0 Å². The van der Waals surface area contributed by atoms with Crippen LogP contribution in [0.2, 0.25) is 0 Å². The Labute approximate surface area is 107 Å². The van der Waals surface area contributed by atoms with E-state index in [0.717, 1.165) is 25.2 Å². The first-order valence-electron chi connectivity index (χ1n) is 6.73. The number of para-hydroxylation sites is 1. The number of rotatable bonds is 2. The Morgan fingerprint density at radius 2 is 2.00 bits per heavy atom. The summed E-state index contributed by atoms with van der Waals surface area (Å²) in [6.07, 6.45) is 4.42. The number of anilines is 1. The highest BCUT2D eigenvalue weighted by Gasteiger charge is 2.27. The Hall–Kier alpha value is -1.55. The standard InChI is InChI=1S/C14H19N3O/c18-14(16-17-8-4-1-5-9-17)13-10-11-6-2-3-7-12(11)15-13/h2-3,6-7,13,15H,1,4-5,8-10H2,(H,16,18). The molecule has 0 saturated carbocycles. The van der Waals surface area contributed by atoms with Crippen molar-refractivity contribution in [1.82, 2.24) is 10.4 Å². The molecule has 0 aromatic heterocycles. The molecular weight excluding hydrogens is 226 g/mol. The Bertz CT molecular complexity index is 415. The summed E-state index contributed by atoms with van der Waals surface area (Å²) < 4.78 is 0. The van der Waals surface area contributed by atoms with Crippen molar-refractivity contribution in [2.45, 2.75) is 31.7 Å². The van der Waals surface area contributed by atoms with Gasteiger partial charge in [-0.25, -0.2) is 5.01 Å². The first-order valence-corrected chi connectivity index (χ1v) is 6.73. The fraction of sp³-hybridized carbons (Fsp3) is 0.500.